The number of carbonyl (C=O) groups is 1. The fourth-order valence-electron chi connectivity index (χ4n) is 0.827. The number of pyridine rings is 1. The van der Waals surface area contributed by atoms with Gasteiger partial charge >= 0.3 is 5.97 Å². The van der Waals surface area contributed by atoms with E-state index in [1.807, 2.05) is 6.92 Å². The second kappa shape index (κ2) is 4.48. The highest BCUT2D eigenvalue weighted by atomic mass is 35.5. The number of thioether (sulfide) groups is 1. The van der Waals surface area contributed by atoms with Gasteiger partial charge in [0, 0.05) is 0 Å². The lowest BCUT2D eigenvalue weighted by Crippen LogP contribution is -2.00. The summed E-state index contributed by atoms with van der Waals surface area (Å²) in [6.45, 7) is 1.93. The number of carboxylic acids is 1. The lowest BCUT2D eigenvalue weighted by atomic mass is 10.3. The first-order chi connectivity index (χ1) is 6.15. The monoisotopic (exact) mass is 217 g/mol. The maximum atomic E-state index is 10.7. The molecule has 1 heterocycles. The Bertz CT molecular complexity index is 330. The SMILES string of the molecule is CCSc1nc(Cl)ccc1C(=O)O. The highest BCUT2D eigenvalue weighted by molar-refractivity contribution is 7.99. The van der Waals surface area contributed by atoms with Crippen LogP contribution in [0.4, 0.5) is 0 Å². The van der Waals surface area contributed by atoms with Crippen molar-refractivity contribution in [2.24, 2.45) is 0 Å². The molecule has 13 heavy (non-hydrogen) atoms. The zero-order valence-corrected chi connectivity index (χ0v) is 8.52. The second-order valence-corrected chi connectivity index (χ2v) is 3.86. The van der Waals surface area contributed by atoms with Gasteiger partial charge in [0.05, 0.1) is 5.56 Å². The van der Waals surface area contributed by atoms with E-state index in [1.54, 1.807) is 0 Å². The van der Waals surface area contributed by atoms with Crippen LogP contribution < -0.4 is 0 Å². The molecule has 0 aliphatic heterocycles. The summed E-state index contributed by atoms with van der Waals surface area (Å²) in [6, 6.07) is 2.94. The van der Waals surface area contributed by atoms with E-state index < -0.39 is 5.97 Å². The van der Waals surface area contributed by atoms with Gasteiger partial charge in [-0.25, -0.2) is 9.78 Å². The Kier molecular flexibility index (Phi) is 3.57. The van der Waals surface area contributed by atoms with Crippen molar-refractivity contribution in [2.75, 3.05) is 5.75 Å². The number of aromatic carboxylic acids is 1. The quantitative estimate of drug-likeness (QED) is 0.625. The van der Waals surface area contributed by atoms with Crippen LogP contribution in [0.15, 0.2) is 17.2 Å². The van der Waals surface area contributed by atoms with E-state index in [4.69, 9.17) is 16.7 Å². The number of carboxylic acid groups (broad SMARTS) is 1. The summed E-state index contributed by atoms with van der Waals surface area (Å²) in [4.78, 5) is 14.6. The largest absolute Gasteiger partial charge is 0.478 e. The molecule has 1 aromatic rings. The average Bonchev–Trinajstić information content (AvgIpc) is 2.04. The number of rotatable bonds is 3. The van der Waals surface area contributed by atoms with Crippen molar-refractivity contribution in [1.29, 1.82) is 0 Å². The van der Waals surface area contributed by atoms with E-state index >= 15 is 0 Å². The van der Waals surface area contributed by atoms with Crippen molar-refractivity contribution >= 4 is 29.3 Å². The molecule has 0 radical (unpaired) electrons. The number of aromatic nitrogens is 1. The molecule has 1 N–H and O–H groups in total. The summed E-state index contributed by atoms with van der Waals surface area (Å²) in [6.07, 6.45) is 0. The molecule has 1 rings (SSSR count). The molecule has 0 unspecified atom stereocenters. The lowest BCUT2D eigenvalue weighted by molar-refractivity contribution is 0.0692. The van der Waals surface area contributed by atoms with Gasteiger partial charge in [-0.3, -0.25) is 0 Å². The molecule has 0 aliphatic carbocycles. The highest BCUT2D eigenvalue weighted by Gasteiger charge is 2.11. The van der Waals surface area contributed by atoms with E-state index in [-0.39, 0.29) is 5.56 Å². The highest BCUT2D eigenvalue weighted by Crippen LogP contribution is 2.22. The zero-order chi connectivity index (χ0) is 9.84. The predicted molar refractivity (Wildman–Crippen MR) is 52.6 cm³/mol. The Morgan fingerprint density at radius 2 is 2.38 bits per heavy atom. The first-order valence-corrected chi connectivity index (χ1v) is 5.04. The van der Waals surface area contributed by atoms with Gasteiger partial charge in [-0.05, 0) is 17.9 Å². The number of nitrogens with zero attached hydrogens (tertiary/aromatic N) is 1. The van der Waals surface area contributed by atoms with Gasteiger partial charge in [0.2, 0.25) is 0 Å². The molecular weight excluding hydrogens is 210 g/mol. The topological polar surface area (TPSA) is 50.2 Å². The van der Waals surface area contributed by atoms with Crippen molar-refractivity contribution in [2.45, 2.75) is 11.9 Å². The van der Waals surface area contributed by atoms with Crippen LogP contribution in [-0.4, -0.2) is 21.8 Å². The van der Waals surface area contributed by atoms with Crippen LogP contribution >= 0.6 is 23.4 Å². The first kappa shape index (κ1) is 10.3. The summed E-state index contributed by atoms with van der Waals surface area (Å²) < 4.78 is 0. The molecule has 0 spiro atoms. The predicted octanol–water partition coefficient (Wildman–Crippen LogP) is 2.55. The summed E-state index contributed by atoms with van der Waals surface area (Å²) in [5.74, 6) is -0.201. The van der Waals surface area contributed by atoms with Crippen molar-refractivity contribution in [3.63, 3.8) is 0 Å². The van der Waals surface area contributed by atoms with Crippen molar-refractivity contribution in [3.8, 4) is 0 Å². The Balaban J connectivity index is 3.10. The molecule has 0 atom stereocenters. The third-order valence-electron chi connectivity index (χ3n) is 1.34. The number of hydrogen-bond donors (Lipinski definition) is 1. The Morgan fingerprint density at radius 1 is 1.69 bits per heavy atom. The van der Waals surface area contributed by atoms with Crippen LogP contribution in [-0.2, 0) is 0 Å². The minimum atomic E-state index is -0.972. The van der Waals surface area contributed by atoms with Gasteiger partial charge in [0.1, 0.15) is 10.2 Å². The third kappa shape index (κ3) is 2.60. The number of hydrogen-bond acceptors (Lipinski definition) is 3. The van der Waals surface area contributed by atoms with Gasteiger partial charge in [-0.2, -0.15) is 0 Å². The fraction of sp³-hybridized carbons (Fsp3) is 0.250. The van der Waals surface area contributed by atoms with Crippen molar-refractivity contribution < 1.29 is 9.90 Å². The molecule has 0 bridgehead atoms. The molecule has 1 aromatic heterocycles. The molecule has 0 aliphatic rings. The van der Waals surface area contributed by atoms with Crippen LogP contribution in [0.3, 0.4) is 0 Å². The molecule has 0 aromatic carbocycles. The Morgan fingerprint density at radius 3 is 2.92 bits per heavy atom. The molecule has 5 heteroatoms. The normalized spacial score (nSPS) is 10.0. The van der Waals surface area contributed by atoms with Gasteiger partial charge in [0.25, 0.3) is 0 Å². The Labute approximate surface area is 85.1 Å². The molecule has 70 valence electrons. The van der Waals surface area contributed by atoms with Gasteiger partial charge < -0.3 is 5.11 Å². The van der Waals surface area contributed by atoms with Crippen LogP contribution in [0.25, 0.3) is 0 Å². The molecule has 0 amide bonds. The first-order valence-electron chi connectivity index (χ1n) is 3.67. The summed E-state index contributed by atoms with van der Waals surface area (Å²) >= 11 is 7.01. The molecule has 0 saturated carbocycles. The number of halogens is 1. The minimum Gasteiger partial charge on any atom is -0.478 e. The Hall–Kier alpha value is -0.740. The van der Waals surface area contributed by atoms with Crippen LogP contribution in [0, 0.1) is 0 Å². The van der Waals surface area contributed by atoms with Gasteiger partial charge in [0.15, 0.2) is 0 Å². The van der Waals surface area contributed by atoms with E-state index in [1.165, 1.54) is 23.9 Å². The van der Waals surface area contributed by atoms with Gasteiger partial charge in [-0.15, -0.1) is 11.8 Å². The second-order valence-electron chi connectivity index (χ2n) is 2.22. The lowest BCUT2D eigenvalue weighted by Gasteiger charge is -2.02. The summed E-state index contributed by atoms with van der Waals surface area (Å²) in [5, 5.41) is 9.58. The maximum absolute atomic E-state index is 10.7. The fourth-order valence-corrected chi connectivity index (χ4v) is 1.77. The standard InChI is InChI=1S/C8H8ClNO2S/c1-2-13-7-5(8(11)12)3-4-6(9)10-7/h3-4H,2H2,1H3,(H,11,12). The van der Waals surface area contributed by atoms with Crippen LogP contribution in [0.1, 0.15) is 17.3 Å². The van der Waals surface area contributed by atoms with Crippen molar-refractivity contribution in [1.82, 2.24) is 4.98 Å². The minimum absolute atomic E-state index is 0.205. The van der Waals surface area contributed by atoms with E-state index in [0.717, 1.165) is 5.75 Å². The van der Waals surface area contributed by atoms with Crippen LogP contribution in [0.5, 0.6) is 0 Å². The molecule has 0 fully saturated rings. The van der Waals surface area contributed by atoms with Gasteiger partial charge in [-0.1, -0.05) is 18.5 Å². The van der Waals surface area contributed by atoms with E-state index in [0.29, 0.717) is 10.2 Å². The smallest absolute Gasteiger partial charge is 0.338 e. The van der Waals surface area contributed by atoms with E-state index in [9.17, 15) is 4.79 Å². The van der Waals surface area contributed by atoms with Crippen LogP contribution in [0.2, 0.25) is 5.15 Å². The molecule has 0 saturated heterocycles. The van der Waals surface area contributed by atoms with Crippen molar-refractivity contribution in [3.05, 3.63) is 22.8 Å². The summed E-state index contributed by atoms with van der Waals surface area (Å²) in [5.41, 5.74) is 0.205. The molecule has 3 nitrogen and oxygen atoms in total. The zero-order valence-electron chi connectivity index (χ0n) is 6.95. The summed E-state index contributed by atoms with van der Waals surface area (Å²) in [7, 11) is 0. The van der Waals surface area contributed by atoms with E-state index in [2.05, 4.69) is 4.98 Å². The molecular formula is C8H8ClNO2S. The maximum Gasteiger partial charge on any atom is 0.338 e. The average molecular weight is 218 g/mol. The third-order valence-corrected chi connectivity index (χ3v) is 2.42.